The highest BCUT2D eigenvalue weighted by molar-refractivity contribution is 5.86. The topological polar surface area (TPSA) is 67.5 Å². The van der Waals surface area contributed by atoms with Crippen LogP contribution in [0.3, 0.4) is 0 Å². The average Bonchev–Trinajstić information content (AvgIpc) is 2.47. The van der Waals surface area contributed by atoms with Crippen LogP contribution in [0.2, 0.25) is 0 Å². The van der Waals surface area contributed by atoms with Crippen molar-refractivity contribution in [3.05, 3.63) is 29.5 Å². The van der Waals surface area contributed by atoms with E-state index >= 15 is 0 Å². The van der Waals surface area contributed by atoms with Gasteiger partial charge in [0.2, 0.25) is 0 Å². The maximum absolute atomic E-state index is 10.7. The third-order valence-corrected chi connectivity index (χ3v) is 1.98. The van der Waals surface area contributed by atoms with Crippen LogP contribution in [0.4, 0.5) is 0 Å². The first kappa shape index (κ1) is 8.68. The Morgan fingerprint density at radius 2 is 2.14 bits per heavy atom. The smallest absolute Gasteiger partial charge is 0.356 e. The number of carboxylic acid groups (broad SMARTS) is 1. The van der Waals surface area contributed by atoms with Gasteiger partial charge in [-0.3, -0.25) is 4.40 Å². The predicted molar refractivity (Wildman–Crippen MR) is 49.4 cm³/mol. The Morgan fingerprint density at radius 3 is 2.79 bits per heavy atom. The summed E-state index contributed by atoms with van der Waals surface area (Å²) in [5, 5.41) is 8.75. The molecule has 2 aromatic heterocycles. The number of imidazole rings is 1. The summed E-state index contributed by atoms with van der Waals surface area (Å²) in [7, 11) is 0. The summed E-state index contributed by atoms with van der Waals surface area (Å²) in [5.74, 6) is -0.286. The highest BCUT2D eigenvalue weighted by Crippen LogP contribution is 2.08. The molecule has 0 bridgehead atoms. The Morgan fingerprint density at radius 1 is 1.43 bits per heavy atom. The second kappa shape index (κ2) is 2.80. The quantitative estimate of drug-likeness (QED) is 0.731. The first-order chi connectivity index (χ1) is 6.58. The van der Waals surface area contributed by atoms with Gasteiger partial charge in [-0.1, -0.05) is 0 Å². The van der Waals surface area contributed by atoms with Crippen molar-refractivity contribution in [2.24, 2.45) is 0 Å². The first-order valence-corrected chi connectivity index (χ1v) is 4.14. The summed E-state index contributed by atoms with van der Waals surface area (Å²) < 4.78 is 1.66. The van der Waals surface area contributed by atoms with E-state index in [1.54, 1.807) is 10.5 Å². The van der Waals surface area contributed by atoms with Crippen LogP contribution in [0.15, 0.2) is 12.3 Å². The Kier molecular flexibility index (Phi) is 1.73. The summed E-state index contributed by atoms with van der Waals surface area (Å²) in [6.07, 6.45) is 1.47. The fourth-order valence-corrected chi connectivity index (χ4v) is 1.39. The predicted octanol–water partition coefficient (Wildman–Crippen LogP) is 1.04. The van der Waals surface area contributed by atoms with Gasteiger partial charge in [0.1, 0.15) is 11.5 Å². The molecular formula is C9H9N3O2. The van der Waals surface area contributed by atoms with E-state index in [9.17, 15) is 4.79 Å². The summed E-state index contributed by atoms with van der Waals surface area (Å²) in [6.45, 7) is 3.66. The van der Waals surface area contributed by atoms with Gasteiger partial charge in [-0.25, -0.2) is 14.8 Å². The molecule has 0 saturated heterocycles. The van der Waals surface area contributed by atoms with Crippen LogP contribution >= 0.6 is 0 Å². The Hall–Kier alpha value is -1.91. The summed E-state index contributed by atoms with van der Waals surface area (Å²) >= 11 is 0. The molecule has 0 aliphatic heterocycles. The molecule has 2 heterocycles. The number of hydrogen-bond donors (Lipinski definition) is 1. The van der Waals surface area contributed by atoms with Crippen molar-refractivity contribution in [1.82, 2.24) is 14.4 Å². The van der Waals surface area contributed by atoms with E-state index in [0.29, 0.717) is 5.65 Å². The number of nitrogens with zero attached hydrogens (tertiary/aromatic N) is 3. The number of fused-ring (bicyclic) bond motifs is 1. The molecule has 2 rings (SSSR count). The summed E-state index contributed by atoms with van der Waals surface area (Å²) in [4.78, 5) is 18.8. The van der Waals surface area contributed by atoms with Gasteiger partial charge >= 0.3 is 5.97 Å². The van der Waals surface area contributed by atoms with Crippen molar-refractivity contribution in [1.29, 1.82) is 0 Å². The molecule has 0 aliphatic carbocycles. The number of rotatable bonds is 1. The molecule has 2 aromatic rings. The van der Waals surface area contributed by atoms with E-state index in [1.807, 2.05) is 13.8 Å². The van der Waals surface area contributed by atoms with Crippen molar-refractivity contribution >= 4 is 11.6 Å². The molecule has 0 atom stereocenters. The van der Waals surface area contributed by atoms with Crippen LogP contribution in [0.1, 0.15) is 22.0 Å². The van der Waals surface area contributed by atoms with Gasteiger partial charge in [0, 0.05) is 18.0 Å². The molecule has 5 heteroatoms. The zero-order valence-electron chi connectivity index (χ0n) is 7.85. The van der Waals surface area contributed by atoms with E-state index in [1.165, 1.54) is 6.20 Å². The van der Waals surface area contributed by atoms with Crippen LogP contribution in [0.5, 0.6) is 0 Å². The van der Waals surface area contributed by atoms with E-state index in [2.05, 4.69) is 9.97 Å². The summed E-state index contributed by atoms with van der Waals surface area (Å²) in [6, 6.07) is 1.75. The van der Waals surface area contributed by atoms with Crippen LogP contribution in [-0.2, 0) is 0 Å². The third-order valence-electron chi connectivity index (χ3n) is 1.98. The molecule has 0 amide bonds. The van der Waals surface area contributed by atoms with Crippen molar-refractivity contribution in [2.45, 2.75) is 13.8 Å². The van der Waals surface area contributed by atoms with Crippen LogP contribution < -0.4 is 0 Å². The van der Waals surface area contributed by atoms with Crippen molar-refractivity contribution in [2.75, 3.05) is 0 Å². The minimum Gasteiger partial charge on any atom is -0.476 e. The standard InChI is InChI=1S/C9H9N3O2/c1-5-3-8-11-7(9(13)14)4-12(8)6(2)10-5/h3-4H,1-2H3,(H,13,14). The molecule has 0 aromatic carbocycles. The highest BCUT2D eigenvalue weighted by Gasteiger charge is 2.10. The fraction of sp³-hybridized carbons (Fsp3) is 0.222. The molecule has 0 saturated carbocycles. The molecular weight excluding hydrogens is 182 g/mol. The maximum atomic E-state index is 10.7. The molecule has 14 heavy (non-hydrogen) atoms. The Bertz CT molecular complexity index is 516. The van der Waals surface area contributed by atoms with Crippen molar-refractivity contribution in [3.8, 4) is 0 Å². The zero-order valence-corrected chi connectivity index (χ0v) is 7.85. The lowest BCUT2D eigenvalue weighted by atomic mass is 10.4. The third kappa shape index (κ3) is 1.22. The molecule has 0 aliphatic rings. The van der Waals surface area contributed by atoms with Gasteiger partial charge in [-0.15, -0.1) is 0 Å². The Balaban J connectivity index is 2.76. The van der Waals surface area contributed by atoms with Crippen LogP contribution in [0.25, 0.3) is 5.65 Å². The minimum atomic E-state index is -1.02. The first-order valence-electron chi connectivity index (χ1n) is 4.14. The molecule has 0 fully saturated rings. The number of aryl methyl sites for hydroxylation is 2. The van der Waals surface area contributed by atoms with E-state index in [-0.39, 0.29) is 5.69 Å². The van der Waals surface area contributed by atoms with Crippen molar-refractivity contribution < 1.29 is 9.90 Å². The second-order valence-electron chi connectivity index (χ2n) is 3.10. The lowest BCUT2D eigenvalue weighted by molar-refractivity contribution is 0.0691. The van der Waals surface area contributed by atoms with Gasteiger partial charge in [0.25, 0.3) is 0 Å². The second-order valence-corrected chi connectivity index (χ2v) is 3.10. The fourth-order valence-electron chi connectivity index (χ4n) is 1.39. The number of carbonyl (C=O) groups is 1. The molecule has 0 radical (unpaired) electrons. The maximum Gasteiger partial charge on any atom is 0.356 e. The molecule has 1 N–H and O–H groups in total. The molecule has 5 nitrogen and oxygen atoms in total. The average molecular weight is 191 g/mol. The van der Waals surface area contributed by atoms with Gasteiger partial charge in [0.05, 0.1) is 0 Å². The van der Waals surface area contributed by atoms with E-state index < -0.39 is 5.97 Å². The summed E-state index contributed by atoms with van der Waals surface area (Å²) in [5.41, 5.74) is 1.49. The van der Waals surface area contributed by atoms with Crippen molar-refractivity contribution in [3.63, 3.8) is 0 Å². The van der Waals surface area contributed by atoms with Gasteiger partial charge < -0.3 is 5.11 Å². The largest absolute Gasteiger partial charge is 0.476 e. The zero-order chi connectivity index (χ0) is 10.3. The van der Waals surface area contributed by atoms with Gasteiger partial charge in [-0.2, -0.15) is 0 Å². The monoisotopic (exact) mass is 191 g/mol. The molecule has 0 unspecified atom stereocenters. The van der Waals surface area contributed by atoms with Gasteiger partial charge in [0.15, 0.2) is 5.69 Å². The highest BCUT2D eigenvalue weighted by atomic mass is 16.4. The molecule has 72 valence electrons. The Labute approximate surface area is 80.0 Å². The lowest BCUT2D eigenvalue weighted by Gasteiger charge is -1.98. The SMILES string of the molecule is Cc1cc2nc(C(=O)O)cn2c(C)n1. The van der Waals surface area contributed by atoms with Gasteiger partial charge in [-0.05, 0) is 13.8 Å². The minimum absolute atomic E-state index is 0.0421. The number of carboxylic acids is 1. The lowest BCUT2D eigenvalue weighted by Crippen LogP contribution is -1.96. The number of hydrogen-bond acceptors (Lipinski definition) is 3. The van der Waals surface area contributed by atoms with Crippen LogP contribution in [-0.4, -0.2) is 25.4 Å². The van der Waals surface area contributed by atoms with E-state index in [4.69, 9.17) is 5.11 Å². The number of aromatic carboxylic acids is 1. The normalized spacial score (nSPS) is 10.7. The number of aromatic nitrogens is 3. The van der Waals surface area contributed by atoms with Crippen LogP contribution in [0, 0.1) is 13.8 Å². The molecule has 0 spiro atoms. The van der Waals surface area contributed by atoms with E-state index in [0.717, 1.165) is 11.5 Å².